The van der Waals surface area contributed by atoms with Crippen molar-refractivity contribution in [2.75, 3.05) is 13.6 Å². The summed E-state index contributed by atoms with van der Waals surface area (Å²) in [6.45, 7) is 8.64. The second-order valence-corrected chi connectivity index (χ2v) is 7.19. The highest BCUT2D eigenvalue weighted by Gasteiger charge is 2.19. The highest BCUT2D eigenvalue weighted by Crippen LogP contribution is 2.16. The molecule has 0 saturated carbocycles. The number of carbonyl (C=O) groups is 1. The number of H-pyrrole nitrogens is 1. The molecule has 0 aliphatic rings. The van der Waals surface area contributed by atoms with E-state index in [-0.39, 0.29) is 18.1 Å². The van der Waals surface area contributed by atoms with Gasteiger partial charge in [0.2, 0.25) is 0 Å². The smallest absolute Gasteiger partial charge is 0.317 e. The lowest BCUT2D eigenvalue weighted by atomic mass is 10.2. The fourth-order valence-electron chi connectivity index (χ4n) is 3.04. The lowest BCUT2D eigenvalue weighted by Gasteiger charge is -2.21. The zero-order chi connectivity index (χ0) is 19.6. The van der Waals surface area contributed by atoms with E-state index in [1.165, 1.54) is 0 Å². The number of aromatic nitrogens is 5. The van der Waals surface area contributed by atoms with Crippen LogP contribution >= 0.6 is 0 Å². The molecular weight excluding hydrogens is 342 g/mol. The Balaban J connectivity index is 1.58. The molecule has 2 heterocycles. The van der Waals surface area contributed by atoms with Crippen LogP contribution in [0.25, 0.3) is 11.0 Å². The van der Waals surface area contributed by atoms with Crippen molar-refractivity contribution in [2.24, 2.45) is 0 Å². The fraction of sp³-hybridized carbons (Fsp3) is 0.474. The Kier molecular flexibility index (Phi) is 5.43. The number of aromatic amines is 1. The van der Waals surface area contributed by atoms with Gasteiger partial charge in [-0.25, -0.2) is 9.78 Å². The quantitative estimate of drug-likeness (QED) is 0.699. The van der Waals surface area contributed by atoms with Crippen molar-refractivity contribution in [3.05, 3.63) is 41.7 Å². The molecule has 0 aliphatic carbocycles. The fourth-order valence-corrected chi connectivity index (χ4v) is 3.04. The van der Waals surface area contributed by atoms with Gasteiger partial charge >= 0.3 is 6.03 Å². The third-order valence-corrected chi connectivity index (χ3v) is 4.68. The molecule has 144 valence electrons. The van der Waals surface area contributed by atoms with Crippen LogP contribution in [-0.2, 0) is 6.42 Å². The van der Waals surface area contributed by atoms with E-state index >= 15 is 0 Å². The maximum absolute atomic E-state index is 12.5. The molecule has 0 fully saturated rings. The summed E-state index contributed by atoms with van der Waals surface area (Å²) in [5, 5.41) is 11.1. The van der Waals surface area contributed by atoms with E-state index in [0.717, 1.165) is 28.2 Å². The largest absolute Gasteiger partial charge is 0.342 e. The Bertz CT molecular complexity index is 927. The standard InChI is InChI=1S/C19H27N7O/c1-12(2)26-11-20-24-18(26)14(4)21-19(27)25(5)10-9-16-22-15-8-6-7-13(3)17(15)23-16/h6-8,11-12,14H,9-10H2,1-5H3,(H,21,27)(H,22,23). The van der Waals surface area contributed by atoms with Gasteiger partial charge in [-0.2, -0.15) is 0 Å². The number of hydrogen-bond acceptors (Lipinski definition) is 4. The number of urea groups is 1. The third-order valence-electron chi connectivity index (χ3n) is 4.68. The van der Waals surface area contributed by atoms with Gasteiger partial charge in [0.25, 0.3) is 0 Å². The van der Waals surface area contributed by atoms with Crippen LogP contribution in [0.4, 0.5) is 4.79 Å². The summed E-state index contributed by atoms with van der Waals surface area (Å²) in [7, 11) is 1.78. The normalized spacial score (nSPS) is 12.5. The monoisotopic (exact) mass is 369 g/mol. The molecule has 8 nitrogen and oxygen atoms in total. The van der Waals surface area contributed by atoms with E-state index in [0.29, 0.717) is 13.0 Å². The van der Waals surface area contributed by atoms with Crippen LogP contribution in [0.2, 0.25) is 0 Å². The molecular formula is C19H27N7O. The second-order valence-electron chi connectivity index (χ2n) is 7.19. The number of amides is 2. The summed E-state index contributed by atoms with van der Waals surface area (Å²) in [5.74, 6) is 1.63. The van der Waals surface area contributed by atoms with Crippen LogP contribution in [0, 0.1) is 6.92 Å². The molecule has 0 bridgehead atoms. The summed E-state index contributed by atoms with van der Waals surface area (Å²) >= 11 is 0. The molecule has 27 heavy (non-hydrogen) atoms. The number of hydrogen-bond donors (Lipinski definition) is 2. The molecule has 2 aromatic heterocycles. The molecule has 3 aromatic rings. The highest BCUT2D eigenvalue weighted by molar-refractivity contribution is 5.78. The molecule has 0 saturated heterocycles. The number of benzene rings is 1. The first-order chi connectivity index (χ1) is 12.9. The number of para-hydroxylation sites is 1. The van der Waals surface area contributed by atoms with Crippen molar-refractivity contribution >= 4 is 17.1 Å². The molecule has 0 radical (unpaired) electrons. The molecule has 0 aliphatic heterocycles. The lowest BCUT2D eigenvalue weighted by Crippen LogP contribution is -2.40. The average Bonchev–Trinajstić information content (AvgIpc) is 3.27. The maximum atomic E-state index is 12.5. The molecule has 3 rings (SSSR count). The third kappa shape index (κ3) is 4.10. The number of fused-ring (bicyclic) bond motifs is 1. The first-order valence-corrected chi connectivity index (χ1v) is 9.22. The van der Waals surface area contributed by atoms with E-state index < -0.39 is 0 Å². The zero-order valence-electron chi connectivity index (χ0n) is 16.5. The van der Waals surface area contributed by atoms with Crippen LogP contribution in [0.3, 0.4) is 0 Å². The molecule has 2 amide bonds. The summed E-state index contributed by atoms with van der Waals surface area (Å²) in [5.41, 5.74) is 3.16. The SMILES string of the molecule is Cc1cccc2[nH]c(CCN(C)C(=O)NC(C)c3nncn3C(C)C)nc12. The van der Waals surface area contributed by atoms with Crippen molar-refractivity contribution in [3.8, 4) is 0 Å². The number of carbonyl (C=O) groups excluding carboxylic acids is 1. The van der Waals surface area contributed by atoms with Crippen LogP contribution in [0.1, 0.15) is 50.1 Å². The summed E-state index contributed by atoms with van der Waals surface area (Å²) < 4.78 is 1.96. The first-order valence-electron chi connectivity index (χ1n) is 9.22. The van der Waals surface area contributed by atoms with E-state index in [4.69, 9.17) is 0 Å². The Morgan fingerprint density at radius 1 is 1.33 bits per heavy atom. The number of aryl methyl sites for hydroxylation is 1. The van der Waals surface area contributed by atoms with Crippen LogP contribution < -0.4 is 5.32 Å². The molecule has 8 heteroatoms. The first kappa shape index (κ1) is 18.9. The predicted octanol–water partition coefficient (Wildman–Crippen LogP) is 2.99. The van der Waals surface area contributed by atoms with Crippen LogP contribution in [0.15, 0.2) is 24.5 Å². The lowest BCUT2D eigenvalue weighted by molar-refractivity contribution is 0.205. The predicted molar refractivity (Wildman–Crippen MR) is 105 cm³/mol. The Labute approximate surface area is 159 Å². The molecule has 1 aromatic carbocycles. The minimum absolute atomic E-state index is 0.145. The minimum Gasteiger partial charge on any atom is -0.342 e. The van der Waals surface area contributed by atoms with Crippen LogP contribution in [-0.4, -0.2) is 49.3 Å². The summed E-state index contributed by atoms with van der Waals surface area (Å²) in [6.07, 6.45) is 2.35. The van der Waals surface area contributed by atoms with E-state index in [2.05, 4.69) is 39.3 Å². The van der Waals surface area contributed by atoms with E-state index in [1.54, 1.807) is 18.3 Å². The van der Waals surface area contributed by atoms with Crippen molar-refractivity contribution in [1.82, 2.24) is 34.9 Å². The zero-order valence-corrected chi connectivity index (χ0v) is 16.5. The van der Waals surface area contributed by atoms with Crippen LogP contribution in [0.5, 0.6) is 0 Å². The van der Waals surface area contributed by atoms with Crippen molar-refractivity contribution in [3.63, 3.8) is 0 Å². The second kappa shape index (κ2) is 7.77. The molecule has 1 unspecified atom stereocenters. The van der Waals surface area contributed by atoms with Gasteiger partial charge in [-0.05, 0) is 39.3 Å². The topological polar surface area (TPSA) is 91.7 Å². The van der Waals surface area contributed by atoms with Crippen molar-refractivity contribution in [2.45, 2.75) is 46.2 Å². The number of rotatable bonds is 6. The highest BCUT2D eigenvalue weighted by atomic mass is 16.2. The van der Waals surface area contributed by atoms with Gasteiger partial charge in [-0.3, -0.25) is 0 Å². The van der Waals surface area contributed by atoms with Gasteiger partial charge < -0.3 is 19.8 Å². The Morgan fingerprint density at radius 2 is 2.11 bits per heavy atom. The summed E-state index contributed by atoms with van der Waals surface area (Å²) in [6, 6.07) is 5.94. The molecule has 0 spiro atoms. The van der Waals surface area contributed by atoms with Crippen molar-refractivity contribution in [1.29, 1.82) is 0 Å². The Morgan fingerprint density at radius 3 is 2.81 bits per heavy atom. The number of imidazole rings is 1. The average molecular weight is 369 g/mol. The Hall–Kier alpha value is -2.90. The minimum atomic E-state index is -0.223. The van der Waals surface area contributed by atoms with E-state index in [9.17, 15) is 4.79 Å². The van der Waals surface area contributed by atoms with Gasteiger partial charge in [-0.15, -0.1) is 10.2 Å². The van der Waals surface area contributed by atoms with Gasteiger partial charge in [0.15, 0.2) is 5.82 Å². The van der Waals surface area contributed by atoms with Gasteiger partial charge in [0.1, 0.15) is 12.2 Å². The number of nitrogens with zero attached hydrogens (tertiary/aromatic N) is 5. The molecule has 1 atom stereocenters. The van der Waals surface area contributed by atoms with Gasteiger partial charge in [0.05, 0.1) is 17.1 Å². The van der Waals surface area contributed by atoms with Gasteiger partial charge in [-0.1, -0.05) is 12.1 Å². The summed E-state index contributed by atoms with van der Waals surface area (Å²) in [4.78, 5) is 22.1. The molecule has 2 N–H and O–H groups in total. The maximum Gasteiger partial charge on any atom is 0.317 e. The number of likely N-dealkylation sites (N-methyl/N-ethyl adjacent to an activating group) is 1. The van der Waals surface area contributed by atoms with Crippen molar-refractivity contribution < 1.29 is 4.79 Å². The van der Waals surface area contributed by atoms with E-state index in [1.807, 2.05) is 36.6 Å². The number of nitrogens with one attached hydrogen (secondary N) is 2. The van der Waals surface area contributed by atoms with Gasteiger partial charge in [0, 0.05) is 26.1 Å².